The van der Waals surface area contributed by atoms with Gasteiger partial charge in [-0.15, -0.1) is 0 Å². The van der Waals surface area contributed by atoms with Gasteiger partial charge in [-0.2, -0.15) is 0 Å². The van der Waals surface area contributed by atoms with Gasteiger partial charge < -0.3 is 24.6 Å². The normalized spacial score (nSPS) is 28.4. The quantitative estimate of drug-likeness (QED) is 0.517. The summed E-state index contributed by atoms with van der Waals surface area (Å²) in [5.41, 5.74) is 0.955. The molecule has 2 heterocycles. The van der Waals surface area contributed by atoms with Gasteiger partial charge in [-0.1, -0.05) is 24.8 Å². The second-order valence-electron chi connectivity index (χ2n) is 11.3. The van der Waals surface area contributed by atoms with Crippen molar-refractivity contribution in [1.82, 2.24) is 4.90 Å². The molecule has 0 aromatic heterocycles. The van der Waals surface area contributed by atoms with Gasteiger partial charge >= 0.3 is 0 Å². The van der Waals surface area contributed by atoms with Crippen molar-refractivity contribution in [3.63, 3.8) is 0 Å². The van der Waals surface area contributed by atoms with E-state index in [0.29, 0.717) is 22.9 Å². The number of phenolic OH excluding ortho intramolecular Hbond substituents is 1. The van der Waals surface area contributed by atoms with Crippen molar-refractivity contribution < 1.29 is 24.1 Å². The molecule has 194 valence electrons. The molecule has 2 aromatic carbocycles. The summed E-state index contributed by atoms with van der Waals surface area (Å²) >= 11 is 0. The molecule has 1 saturated carbocycles. The lowest BCUT2D eigenvalue weighted by Crippen LogP contribution is -2.57. The average molecular weight is 496 g/mol. The van der Waals surface area contributed by atoms with Gasteiger partial charge in [0.15, 0.2) is 11.5 Å². The Morgan fingerprint density at radius 2 is 2.08 bits per heavy atom. The highest BCUT2D eigenvalue weighted by molar-refractivity contribution is 5.58. The molecule has 36 heavy (non-hydrogen) atoms. The van der Waals surface area contributed by atoms with Gasteiger partial charge in [-0.3, -0.25) is 0 Å². The maximum atomic E-state index is 14.0. The topological polar surface area (TPSA) is 62.2 Å². The molecule has 2 aromatic rings. The number of aromatic hydroxyl groups is 1. The maximum Gasteiger partial charge on any atom is 0.165 e. The molecule has 1 saturated heterocycles. The van der Waals surface area contributed by atoms with E-state index < -0.39 is 29.0 Å². The molecule has 1 spiro atoms. The molecule has 0 amide bonds. The number of ether oxygens (including phenoxy) is 2. The minimum Gasteiger partial charge on any atom is -0.504 e. The van der Waals surface area contributed by atoms with Crippen LogP contribution >= 0.6 is 0 Å². The highest BCUT2D eigenvalue weighted by atomic mass is 19.1. The molecule has 6 heteroatoms. The fourth-order valence-corrected chi connectivity index (χ4v) is 6.55. The zero-order chi connectivity index (χ0) is 25.8. The molecule has 2 aliphatic heterocycles. The molecular weight excluding hydrogens is 457 g/mol. The first kappa shape index (κ1) is 25.2. The lowest BCUT2D eigenvalue weighted by Gasteiger charge is -2.48. The van der Waals surface area contributed by atoms with Gasteiger partial charge in [-0.05, 0) is 93.8 Å². The van der Waals surface area contributed by atoms with Crippen LogP contribution in [0.5, 0.6) is 11.5 Å². The molecule has 2 fully saturated rings. The van der Waals surface area contributed by atoms with Gasteiger partial charge in [0.2, 0.25) is 0 Å². The number of aryl methyl sites for hydroxylation is 1. The van der Waals surface area contributed by atoms with Crippen LogP contribution in [-0.4, -0.2) is 53.6 Å². The van der Waals surface area contributed by atoms with Gasteiger partial charge in [0.25, 0.3) is 0 Å². The third-order valence-electron chi connectivity index (χ3n) is 8.83. The van der Waals surface area contributed by atoms with Gasteiger partial charge in [0.1, 0.15) is 23.6 Å². The number of fused-ring (bicyclic) bond motifs is 2. The Hall–Kier alpha value is -2.41. The van der Waals surface area contributed by atoms with Crippen molar-refractivity contribution in [2.24, 2.45) is 5.92 Å². The van der Waals surface area contributed by atoms with Crippen LogP contribution in [0.3, 0.4) is 0 Å². The molecule has 5 nitrogen and oxygen atoms in total. The van der Waals surface area contributed by atoms with Gasteiger partial charge in [-0.25, -0.2) is 4.39 Å². The molecule has 0 bridgehead atoms. The van der Waals surface area contributed by atoms with Crippen molar-refractivity contribution in [2.45, 2.75) is 75.7 Å². The standard InChI is InChI=1S/C30H38FNO4/c1-18-9-12-24(33)27-25(18)30(13-14-32(19(2)16-30)17-21-10-11-21)28(36-27)26(35-5)20(3)29(4,34)22-7-6-8-23(31)15-22/h6-9,12,15,19,21,26,28,33-34H,3,10-11,13-14,16-17H2,1-2,4-5H3/t19-,26?,28+,29?,30+/m1/s1. The Balaban J connectivity index is 1.54. The number of hydrogen-bond acceptors (Lipinski definition) is 5. The molecule has 2 unspecified atom stereocenters. The highest BCUT2D eigenvalue weighted by Crippen LogP contribution is 2.57. The molecule has 5 atom stereocenters. The van der Waals surface area contributed by atoms with Gasteiger partial charge in [0, 0.05) is 30.7 Å². The molecule has 5 rings (SSSR count). The summed E-state index contributed by atoms with van der Waals surface area (Å²) in [6.07, 6.45) is 3.14. The van der Waals surface area contributed by atoms with Crippen molar-refractivity contribution in [3.8, 4) is 11.5 Å². The van der Waals surface area contributed by atoms with Crippen LogP contribution in [0.1, 0.15) is 56.2 Å². The maximum absolute atomic E-state index is 14.0. The summed E-state index contributed by atoms with van der Waals surface area (Å²) < 4.78 is 26.7. The predicted molar refractivity (Wildman–Crippen MR) is 138 cm³/mol. The second kappa shape index (κ2) is 9.16. The number of methoxy groups -OCH3 is 1. The van der Waals surface area contributed by atoms with Crippen LogP contribution < -0.4 is 4.74 Å². The van der Waals surface area contributed by atoms with Crippen LogP contribution in [0, 0.1) is 18.7 Å². The summed E-state index contributed by atoms with van der Waals surface area (Å²) in [5, 5.41) is 22.4. The first-order valence-corrected chi connectivity index (χ1v) is 13.0. The first-order chi connectivity index (χ1) is 17.1. The molecule has 2 N–H and O–H groups in total. The minimum absolute atomic E-state index is 0.114. The van der Waals surface area contributed by atoms with Crippen LogP contribution in [0.15, 0.2) is 48.6 Å². The summed E-state index contributed by atoms with van der Waals surface area (Å²) in [6, 6.07) is 9.90. The first-order valence-electron chi connectivity index (χ1n) is 13.0. The average Bonchev–Trinajstić information content (AvgIpc) is 3.61. The van der Waals surface area contributed by atoms with Crippen LogP contribution in [-0.2, 0) is 15.8 Å². The zero-order valence-corrected chi connectivity index (χ0v) is 21.8. The van der Waals surface area contributed by atoms with E-state index in [9.17, 15) is 14.6 Å². The summed E-state index contributed by atoms with van der Waals surface area (Å²) in [6.45, 7) is 12.3. The number of likely N-dealkylation sites (tertiary alicyclic amines) is 1. The van der Waals surface area contributed by atoms with Crippen LogP contribution in [0.25, 0.3) is 0 Å². The fraction of sp³-hybridized carbons (Fsp3) is 0.533. The summed E-state index contributed by atoms with van der Waals surface area (Å²) in [5.74, 6) is 1.00. The Morgan fingerprint density at radius 3 is 2.72 bits per heavy atom. The van der Waals surface area contributed by atoms with Crippen molar-refractivity contribution in [2.75, 3.05) is 20.2 Å². The summed E-state index contributed by atoms with van der Waals surface area (Å²) in [4.78, 5) is 2.58. The van der Waals surface area contributed by atoms with E-state index in [2.05, 4.69) is 25.3 Å². The van der Waals surface area contributed by atoms with E-state index in [1.165, 1.54) is 25.0 Å². The monoisotopic (exact) mass is 495 g/mol. The van der Waals surface area contributed by atoms with Crippen molar-refractivity contribution in [3.05, 3.63) is 71.1 Å². The number of piperidine rings is 1. The molecule has 3 aliphatic rings. The SMILES string of the molecule is C=C(C(OC)[C@@H]1Oc2c(O)ccc(C)c2[C@@]12CCN(CC1CC1)[C@H](C)C2)C(C)(O)c1cccc(F)c1. The number of rotatable bonds is 7. The third-order valence-corrected chi connectivity index (χ3v) is 8.83. The number of nitrogens with zero attached hydrogens (tertiary/aromatic N) is 1. The van der Waals surface area contributed by atoms with Crippen LogP contribution in [0.2, 0.25) is 0 Å². The van der Waals surface area contributed by atoms with E-state index in [1.807, 2.05) is 6.07 Å². The highest BCUT2D eigenvalue weighted by Gasteiger charge is 2.58. The second-order valence-corrected chi connectivity index (χ2v) is 11.3. The lowest BCUT2D eigenvalue weighted by atomic mass is 9.64. The minimum atomic E-state index is -1.54. The number of benzene rings is 2. The fourth-order valence-electron chi connectivity index (χ4n) is 6.55. The number of halogens is 1. The van der Waals surface area contributed by atoms with E-state index in [0.717, 1.165) is 43.0 Å². The van der Waals surface area contributed by atoms with E-state index in [4.69, 9.17) is 9.47 Å². The summed E-state index contributed by atoms with van der Waals surface area (Å²) in [7, 11) is 1.59. The van der Waals surface area contributed by atoms with Crippen LogP contribution in [0.4, 0.5) is 4.39 Å². The zero-order valence-electron chi connectivity index (χ0n) is 21.8. The lowest BCUT2D eigenvalue weighted by molar-refractivity contribution is -0.0496. The van der Waals surface area contributed by atoms with Crippen molar-refractivity contribution in [1.29, 1.82) is 0 Å². The largest absolute Gasteiger partial charge is 0.504 e. The Morgan fingerprint density at radius 1 is 1.33 bits per heavy atom. The molecular formula is C30H38FNO4. The van der Waals surface area contributed by atoms with E-state index in [-0.39, 0.29) is 5.75 Å². The smallest absolute Gasteiger partial charge is 0.165 e. The predicted octanol–water partition coefficient (Wildman–Crippen LogP) is 5.21. The Labute approximate surface area is 213 Å². The number of phenols is 1. The van der Waals surface area contributed by atoms with E-state index >= 15 is 0 Å². The Bertz CT molecular complexity index is 1160. The number of aliphatic hydroxyl groups is 1. The molecule has 1 aliphatic carbocycles. The number of hydrogen-bond donors (Lipinski definition) is 2. The van der Waals surface area contributed by atoms with Crippen molar-refractivity contribution >= 4 is 0 Å². The van der Waals surface area contributed by atoms with Gasteiger partial charge in [0.05, 0.1) is 0 Å². The third kappa shape index (κ3) is 4.13. The Kier molecular flexibility index (Phi) is 6.42. The molecule has 0 radical (unpaired) electrons. The van der Waals surface area contributed by atoms with E-state index in [1.54, 1.807) is 32.2 Å².